The number of ether oxygens (including phenoxy) is 1. The fourth-order valence-electron chi connectivity index (χ4n) is 3.12. The van der Waals surface area contributed by atoms with E-state index >= 15 is 0 Å². The predicted molar refractivity (Wildman–Crippen MR) is 82.3 cm³/mol. The number of hydrogen-bond donors (Lipinski definition) is 2. The summed E-state index contributed by atoms with van der Waals surface area (Å²) in [6.07, 6.45) is 5.87. The van der Waals surface area contributed by atoms with Crippen molar-refractivity contribution in [3.8, 4) is 5.75 Å². The van der Waals surface area contributed by atoms with Crippen molar-refractivity contribution >= 4 is 0 Å². The van der Waals surface area contributed by atoms with E-state index in [4.69, 9.17) is 4.74 Å². The van der Waals surface area contributed by atoms with Crippen LogP contribution < -0.4 is 10.1 Å². The highest BCUT2D eigenvalue weighted by Gasteiger charge is 2.30. The molecule has 0 spiro atoms. The molecule has 0 amide bonds. The zero-order valence-electron chi connectivity index (χ0n) is 12.7. The Morgan fingerprint density at radius 3 is 2.35 bits per heavy atom. The molecule has 0 aromatic heterocycles. The van der Waals surface area contributed by atoms with Gasteiger partial charge < -0.3 is 15.2 Å². The smallest absolute Gasteiger partial charge is 0.119 e. The van der Waals surface area contributed by atoms with Gasteiger partial charge in [-0.2, -0.15) is 0 Å². The number of aliphatic hydroxyl groups excluding tert-OH is 1. The second-order valence-electron chi connectivity index (χ2n) is 6.10. The SMILES string of the molecule is Cc1cc(C)cc(OCCNC2(CO)CCCCC2)c1. The third-order valence-corrected chi connectivity index (χ3v) is 4.18. The third kappa shape index (κ3) is 4.22. The maximum absolute atomic E-state index is 9.63. The number of nitrogens with one attached hydrogen (secondary N) is 1. The van der Waals surface area contributed by atoms with Gasteiger partial charge in [-0.05, 0) is 49.9 Å². The van der Waals surface area contributed by atoms with Gasteiger partial charge in [0.1, 0.15) is 12.4 Å². The molecule has 1 fully saturated rings. The summed E-state index contributed by atoms with van der Waals surface area (Å²) >= 11 is 0. The average molecular weight is 277 g/mol. The van der Waals surface area contributed by atoms with Gasteiger partial charge in [0.2, 0.25) is 0 Å². The van der Waals surface area contributed by atoms with Gasteiger partial charge >= 0.3 is 0 Å². The summed E-state index contributed by atoms with van der Waals surface area (Å²) in [6.45, 7) is 5.83. The number of hydrogen-bond acceptors (Lipinski definition) is 3. The number of aliphatic hydroxyl groups is 1. The highest BCUT2D eigenvalue weighted by atomic mass is 16.5. The Bertz CT molecular complexity index is 405. The van der Waals surface area contributed by atoms with E-state index in [1.165, 1.54) is 30.4 Å². The normalized spacial score (nSPS) is 17.9. The molecule has 1 aromatic carbocycles. The van der Waals surface area contributed by atoms with Gasteiger partial charge in [-0.25, -0.2) is 0 Å². The Kier molecular flexibility index (Phi) is 5.44. The number of aryl methyl sites for hydroxylation is 2. The van der Waals surface area contributed by atoms with Crippen molar-refractivity contribution in [2.45, 2.75) is 51.5 Å². The first-order valence-corrected chi connectivity index (χ1v) is 7.71. The first kappa shape index (κ1) is 15.3. The van der Waals surface area contributed by atoms with E-state index in [9.17, 15) is 5.11 Å². The zero-order valence-corrected chi connectivity index (χ0v) is 12.7. The Hall–Kier alpha value is -1.06. The molecule has 1 aliphatic carbocycles. The maximum atomic E-state index is 9.63. The molecule has 0 aliphatic heterocycles. The summed E-state index contributed by atoms with van der Waals surface area (Å²) in [7, 11) is 0. The van der Waals surface area contributed by atoms with Crippen LogP contribution in [0.15, 0.2) is 18.2 Å². The molecule has 1 saturated carbocycles. The molecule has 2 rings (SSSR count). The van der Waals surface area contributed by atoms with E-state index < -0.39 is 0 Å². The topological polar surface area (TPSA) is 41.5 Å². The third-order valence-electron chi connectivity index (χ3n) is 4.18. The second kappa shape index (κ2) is 7.09. The monoisotopic (exact) mass is 277 g/mol. The van der Waals surface area contributed by atoms with Crippen molar-refractivity contribution in [3.63, 3.8) is 0 Å². The molecule has 1 aliphatic rings. The van der Waals surface area contributed by atoms with Crippen LogP contribution in [-0.4, -0.2) is 30.4 Å². The molecule has 0 atom stereocenters. The van der Waals surface area contributed by atoms with Crippen LogP contribution in [0.2, 0.25) is 0 Å². The molecule has 0 saturated heterocycles. The van der Waals surface area contributed by atoms with Crippen LogP contribution in [0.4, 0.5) is 0 Å². The molecular weight excluding hydrogens is 250 g/mol. The van der Waals surface area contributed by atoms with E-state index in [1.54, 1.807) is 0 Å². The van der Waals surface area contributed by atoms with Crippen molar-refractivity contribution in [2.75, 3.05) is 19.8 Å². The summed E-state index contributed by atoms with van der Waals surface area (Å²) in [5.74, 6) is 0.936. The van der Waals surface area contributed by atoms with Crippen LogP contribution >= 0.6 is 0 Å². The van der Waals surface area contributed by atoms with E-state index in [0.717, 1.165) is 25.1 Å². The Morgan fingerprint density at radius 2 is 1.75 bits per heavy atom. The van der Waals surface area contributed by atoms with Crippen LogP contribution in [0.3, 0.4) is 0 Å². The largest absolute Gasteiger partial charge is 0.492 e. The van der Waals surface area contributed by atoms with Gasteiger partial charge in [-0.3, -0.25) is 0 Å². The quantitative estimate of drug-likeness (QED) is 0.786. The summed E-state index contributed by atoms with van der Waals surface area (Å²) in [5.41, 5.74) is 2.39. The second-order valence-corrected chi connectivity index (χ2v) is 6.10. The van der Waals surface area contributed by atoms with Crippen molar-refractivity contribution in [1.29, 1.82) is 0 Å². The van der Waals surface area contributed by atoms with Gasteiger partial charge in [0, 0.05) is 12.1 Å². The lowest BCUT2D eigenvalue weighted by Crippen LogP contribution is -2.51. The molecular formula is C17H27NO2. The van der Waals surface area contributed by atoms with Crippen molar-refractivity contribution in [3.05, 3.63) is 29.3 Å². The van der Waals surface area contributed by atoms with E-state index in [-0.39, 0.29) is 12.1 Å². The molecule has 3 nitrogen and oxygen atoms in total. The average Bonchev–Trinajstić information content (AvgIpc) is 2.44. The zero-order chi connectivity index (χ0) is 14.4. The Labute approximate surface area is 122 Å². The number of rotatable bonds is 6. The van der Waals surface area contributed by atoms with Crippen LogP contribution in [0.1, 0.15) is 43.2 Å². The first-order chi connectivity index (χ1) is 9.63. The van der Waals surface area contributed by atoms with E-state index in [0.29, 0.717) is 6.61 Å². The first-order valence-electron chi connectivity index (χ1n) is 7.71. The highest BCUT2D eigenvalue weighted by molar-refractivity contribution is 5.32. The molecule has 1 aromatic rings. The summed E-state index contributed by atoms with van der Waals surface area (Å²) in [5, 5.41) is 13.1. The number of benzene rings is 1. The Morgan fingerprint density at radius 1 is 1.10 bits per heavy atom. The standard InChI is InChI=1S/C17H27NO2/c1-14-10-15(2)12-16(11-14)20-9-8-18-17(13-19)6-4-3-5-7-17/h10-12,18-19H,3-9,13H2,1-2H3. The van der Waals surface area contributed by atoms with Gasteiger partial charge in [-0.15, -0.1) is 0 Å². The molecule has 2 N–H and O–H groups in total. The van der Waals surface area contributed by atoms with Gasteiger partial charge in [-0.1, -0.05) is 25.3 Å². The summed E-state index contributed by atoms with van der Waals surface area (Å²) in [6, 6.07) is 6.28. The van der Waals surface area contributed by atoms with Gasteiger partial charge in [0.15, 0.2) is 0 Å². The Balaban J connectivity index is 1.77. The summed E-state index contributed by atoms with van der Waals surface area (Å²) in [4.78, 5) is 0. The molecule has 112 valence electrons. The summed E-state index contributed by atoms with van der Waals surface area (Å²) < 4.78 is 5.80. The predicted octanol–water partition coefficient (Wildman–Crippen LogP) is 2.97. The fourth-order valence-corrected chi connectivity index (χ4v) is 3.12. The van der Waals surface area contributed by atoms with Crippen molar-refractivity contribution < 1.29 is 9.84 Å². The molecule has 0 bridgehead atoms. The lowest BCUT2D eigenvalue weighted by Gasteiger charge is -2.36. The minimum Gasteiger partial charge on any atom is -0.492 e. The van der Waals surface area contributed by atoms with Crippen molar-refractivity contribution in [2.24, 2.45) is 0 Å². The van der Waals surface area contributed by atoms with Gasteiger partial charge in [0.05, 0.1) is 6.61 Å². The van der Waals surface area contributed by atoms with Crippen molar-refractivity contribution in [1.82, 2.24) is 5.32 Å². The van der Waals surface area contributed by atoms with E-state index in [2.05, 4.69) is 37.4 Å². The molecule has 0 radical (unpaired) electrons. The molecule has 0 heterocycles. The minimum atomic E-state index is -0.0653. The van der Waals surface area contributed by atoms with Crippen LogP contribution in [0.5, 0.6) is 5.75 Å². The van der Waals surface area contributed by atoms with Crippen LogP contribution in [-0.2, 0) is 0 Å². The van der Waals surface area contributed by atoms with Gasteiger partial charge in [0.25, 0.3) is 0 Å². The van der Waals surface area contributed by atoms with E-state index in [1.807, 2.05) is 0 Å². The lowest BCUT2D eigenvalue weighted by atomic mass is 9.82. The highest BCUT2D eigenvalue weighted by Crippen LogP contribution is 2.27. The molecule has 20 heavy (non-hydrogen) atoms. The maximum Gasteiger partial charge on any atom is 0.119 e. The molecule has 3 heteroatoms. The lowest BCUT2D eigenvalue weighted by molar-refractivity contribution is 0.116. The minimum absolute atomic E-state index is 0.0653. The van der Waals surface area contributed by atoms with Crippen LogP contribution in [0, 0.1) is 13.8 Å². The molecule has 0 unspecified atom stereocenters. The van der Waals surface area contributed by atoms with Crippen LogP contribution in [0.25, 0.3) is 0 Å². The fraction of sp³-hybridized carbons (Fsp3) is 0.647.